The quantitative estimate of drug-likeness (QED) is 0.245. The molecular formula is C30H31N3O3. The van der Waals surface area contributed by atoms with Gasteiger partial charge in [0.15, 0.2) is 0 Å². The van der Waals surface area contributed by atoms with Gasteiger partial charge < -0.3 is 19.5 Å². The SMILES string of the molecule is COc1ccc2cc(CNC(C)(Cc3c[nH]c4ccccc34)C(=O)NC(C)c3ccccc3)oc2c1. The van der Waals surface area contributed by atoms with E-state index in [9.17, 15) is 4.79 Å². The van der Waals surface area contributed by atoms with Gasteiger partial charge in [0.05, 0.1) is 25.2 Å². The Balaban J connectivity index is 1.41. The van der Waals surface area contributed by atoms with E-state index in [1.165, 1.54) is 0 Å². The van der Waals surface area contributed by atoms with E-state index in [2.05, 4.69) is 21.7 Å². The van der Waals surface area contributed by atoms with Crippen molar-refractivity contribution in [2.45, 2.75) is 38.4 Å². The number of aromatic nitrogens is 1. The first-order valence-corrected chi connectivity index (χ1v) is 12.2. The molecule has 0 fully saturated rings. The van der Waals surface area contributed by atoms with Crippen LogP contribution in [0.3, 0.4) is 0 Å². The third-order valence-corrected chi connectivity index (χ3v) is 6.80. The van der Waals surface area contributed by atoms with Gasteiger partial charge in [-0.25, -0.2) is 0 Å². The van der Waals surface area contributed by atoms with E-state index in [4.69, 9.17) is 9.15 Å². The lowest BCUT2D eigenvalue weighted by Gasteiger charge is -2.31. The molecular weight excluding hydrogens is 450 g/mol. The number of carbonyl (C=O) groups is 1. The van der Waals surface area contributed by atoms with E-state index in [0.29, 0.717) is 13.0 Å². The molecule has 2 atom stereocenters. The molecule has 184 valence electrons. The zero-order valence-electron chi connectivity index (χ0n) is 20.8. The second-order valence-electron chi connectivity index (χ2n) is 9.44. The van der Waals surface area contributed by atoms with Gasteiger partial charge in [-0.15, -0.1) is 0 Å². The monoisotopic (exact) mass is 481 g/mol. The van der Waals surface area contributed by atoms with Crippen molar-refractivity contribution in [1.29, 1.82) is 0 Å². The molecule has 1 amide bonds. The molecule has 0 spiro atoms. The first-order valence-electron chi connectivity index (χ1n) is 12.2. The number of fused-ring (bicyclic) bond motifs is 2. The second kappa shape index (κ2) is 9.91. The second-order valence-corrected chi connectivity index (χ2v) is 9.44. The third-order valence-electron chi connectivity index (χ3n) is 6.80. The van der Waals surface area contributed by atoms with Gasteiger partial charge in [0, 0.05) is 35.0 Å². The average Bonchev–Trinajstić information content (AvgIpc) is 3.51. The molecule has 3 aromatic carbocycles. The number of carbonyl (C=O) groups excluding carboxylic acids is 1. The number of ether oxygens (including phenoxy) is 1. The van der Waals surface area contributed by atoms with E-state index in [0.717, 1.165) is 44.5 Å². The number of rotatable bonds is 9. The number of amides is 1. The summed E-state index contributed by atoms with van der Waals surface area (Å²) >= 11 is 0. The molecule has 0 aliphatic heterocycles. The lowest BCUT2D eigenvalue weighted by molar-refractivity contribution is -0.127. The van der Waals surface area contributed by atoms with Crippen LogP contribution in [0.25, 0.3) is 21.9 Å². The van der Waals surface area contributed by atoms with Crippen molar-refractivity contribution >= 4 is 27.8 Å². The van der Waals surface area contributed by atoms with Gasteiger partial charge in [-0.2, -0.15) is 0 Å². The molecule has 6 nitrogen and oxygen atoms in total. The van der Waals surface area contributed by atoms with Crippen LogP contribution in [0.5, 0.6) is 5.75 Å². The Bertz CT molecular complexity index is 1490. The average molecular weight is 482 g/mol. The van der Waals surface area contributed by atoms with Crippen molar-refractivity contribution in [2.75, 3.05) is 7.11 Å². The van der Waals surface area contributed by atoms with Gasteiger partial charge in [0.2, 0.25) is 5.91 Å². The predicted octanol–water partition coefficient (Wildman–Crippen LogP) is 5.89. The van der Waals surface area contributed by atoms with Gasteiger partial charge in [-0.3, -0.25) is 10.1 Å². The highest BCUT2D eigenvalue weighted by Crippen LogP contribution is 2.27. The Labute approximate surface area is 210 Å². The molecule has 2 unspecified atom stereocenters. The van der Waals surface area contributed by atoms with Gasteiger partial charge in [-0.05, 0) is 49.2 Å². The van der Waals surface area contributed by atoms with Crippen molar-refractivity contribution < 1.29 is 13.9 Å². The van der Waals surface area contributed by atoms with Gasteiger partial charge in [-0.1, -0.05) is 48.5 Å². The molecule has 5 rings (SSSR count). The van der Waals surface area contributed by atoms with Crippen molar-refractivity contribution in [2.24, 2.45) is 0 Å². The summed E-state index contributed by atoms with van der Waals surface area (Å²) in [7, 11) is 1.64. The molecule has 5 aromatic rings. The van der Waals surface area contributed by atoms with Gasteiger partial charge in [0.1, 0.15) is 17.1 Å². The number of H-pyrrole nitrogens is 1. The minimum absolute atomic E-state index is 0.0677. The molecule has 3 N–H and O–H groups in total. The maximum absolute atomic E-state index is 13.8. The van der Waals surface area contributed by atoms with E-state index in [-0.39, 0.29) is 11.9 Å². The van der Waals surface area contributed by atoms with Crippen molar-refractivity contribution in [3.8, 4) is 5.75 Å². The maximum atomic E-state index is 13.8. The molecule has 0 bridgehead atoms. The smallest absolute Gasteiger partial charge is 0.240 e. The standard InChI is InChI=1S/C30H31N3O3/c1-20(21-9-5-4-6-10-21)33-29(34)30(2,17-23-18-31-27-12-8-7-11-26(23)27)32-19-25-15-22-13-14-24(35-3)16-28(22)36-25/h4-16,18,20,31-32H,17,19H2,1-3H3,(H,33,34). The summed E-state index contributed by atoms with van der Waals surface area (Å²) in [6.07, 6.45) is 2.50. The Hall–Kier alpha value is -4.03. The van der Waals surface area contributed by atoms with E-state index in [1.807, 2.05) is 92.8 Å². The van der Waals surface area contributed by atoms with Crippen LogP contribution in [0.2, 0.25) is 0 Å². The lowest BCUT2D eigenvalue weighted by Crippen LogP contribution is -2.56. The minimum atomic E-state index is -0.884. The summed E-state index contributed by atoms with van der Waals surface area (Å²) < 4.78 is 11.4. The zero-order valence-corrected chi connectivity index (χ0v) is 20.8. The first-order chi connectivity index (χ1) is 17.4. The fourth-order valence-electron chi connectivity index (χ4n) is 4.63. The van der Waals surface area contributed by atoms with Crippen LogP contribution in [0.1, 0.15) is 36.8 Å². The zero-order chi connectivity index (χ0) is 25.1. The molecule has 0 radical (unpaired) electrons. The molecule has 2 heterocycles. The van der Waals surface area contributed by atoms with Crippen molar-refractivity contribution in [3.63, 3.8) is 0 Å². The summed E-state index contributed by atoms with van der Waals surface area (Å²) in [5, 5.41) is 8.84. The lowest BCUT2D eigenvalue weighted by atomic mass is 9.90. The minimum Gasteiger partial charge on any atom is -0.497 e. The fourth-order valence-corrected chi connectivity index (χ4v) is 4.63. The highest BCUT2D eigenvalue weighted by molar-refractivity contribution is 5.89. The van der Waals surface area contributed by atoms with Crippen molar-refractivity contribution in [3.05, 3.63) is 102 Å². The summed E-state index contributed by atoms with van der Waals surface area (Å²) in [5.41, 5.74) is 3.07. The van der Waals surface area contributed by atoms with E-state index in [1.54, 1.807) is 7.11 Å². The largest absolute Gasteiger partial charge is 0.497 e. The number of aromatic amines is 1. The van der Waals surface area contributed by atoms with Crippen LogP contribution in [0.15, 0.2) is 89.5 Å². The topological polar surface area (TPSA) is 79.3 Å². The summed E-state index contributed by atoms with van der Waals surface area (Å²) in [4.78, 5) is 17.1. The highest BCUT2D eigenvalue weighted by atomic mass is 16.5. The molecule has 0 saturated heterocycles. The summed E-state index contributed by atoms with van der Waals surface area (Å²) in [5.74, 6) is 1.43. The molecule has 36 heavy (non-hydrogen) atoms. The van der Waals surface area contributed by atoms with E-state index >= 15 is 0 Å². The van der Waals surface area contributed by atoms with Crippen LogP contribution in [0.4, 0.5) is 0 Å². The van der Waals surface area contributed by atoms with Crippen LogP contribution in [-0.4, -0.2) is 23.5 Å². The highest BCUT2D eigenvalue weighted by Gasteiger charge is 2.35. The number of furan rings is 1. The number of hydrogen-bond acceptors (Lipinski definition) is 4. The summed E-state index contributed by atoms with van der Waals surface area (Å²) in [6, 6.07) is 25.8. The van der Waals surface area contributed by atoms with Crippen LogP contribution in [0, 0.1) is 0 Å². The number of methoxy groups -OCH3 is 1. The Morgan fingerprint density at radius 1 is 1.06 bits per heavy atom. The fraction of sp³-hybridized carbons (Fsp3) is 0.233. The van der Waals surface area contributed by atoms with Crippen LogP contribution in [-0.2, 0) is 17.8 Å². The molecule has 0 aliphatic carbocycles. The molecule has 6 heteroatoms. The van der Waals surface area contributed by atoms with E-state index < -0.39 is 5.54 Å². The predicted molar refractivity (Wildman–Crippen MR) is 143 cm³/mol. The Morgan fingerprint density at radius 2 is 1.83 bits per heavy atom. The molecule has 0 saturated carbocycles. The third kappa shape index (κ3) is 4.86. The Kier molecular flexibility index (Phi) is 6.53. The number of benzene rings is 3. The van der Waals surface area contributed by atoms with Crippen LogP contribution >= 0.6 is 0 Å². The Morgan fingerprint density at radius 3 is 2.64 bits per heavy atom. The number of hydrogen-bond donors (Lipinski definition) is 3. The maximum Gasteiger partial charge on any atom is 0.240 e. The first kappa shape index (κ1) is 23.7. The normalized spacial score (nSPS) is 14.0. The summed E-state index contributed by atoms with van der Waals surface area (Å²) in [6.45, 7) is 4.36. The van der Waals surface area contributed by atoms with Gasteiger partial charge >= 0.3 is 0 Å². The number of nitrogens with one attached hydrogen (secondary N) is 3. The molecule has 2 aromatic heterocycles. The number of para-hydroxylation sites is 1. The molecule has 0 aliphatic rings. The van der Waals surface area contributed by atoms with Crippen LogP contribution < -0.4 is 15.4 Å². The van der Waals surface area contributed by atoms with Gasteiger partial charge in [0.25, 0.3) is 0 Å². The van der Waals surface area contributed by atoms with Crippen molar-refractivity contribution in [1.82, 2.24) is 15.6 Å².